The maximum absolute atomic E-state index is 13.5. The van der Waals surface area contributed by atoms with Crippen molar-refractivity contribution in [2.24, 2.45) is 0 Å². The van der Waals surface area contributed by atoms with Gasteiger partial charge in [-0.25, -0.2) is 4.39 Å². The molecule has 1 aromatic heterocycles. The van der Waals surface area contributed by atoms with E-state index in [2.05, 4.69) is 15.5 Å². The van der Waals surface area contributed by atoms with Crippen LogP contribution in [-0.2, 0) is 6.42 Å². The number of hydrogen-bond acceptors (Lipinski definition) is 4. The quantitative estimate of drug-likeness (QED) is 0.812. The Kier molecular flexibility index (Phi) is 3.55. The Balaban J connectivity index is 1.57. The van der Waals surface area contributed by atoms with Crippen molar-refractivity contribution in [3.63, 3.8) is 0 Å². The summed E-state index contributed by atoms with van der Waals surface area (Å²) >= 11 is 0. The molecule has 0 aliphatic heterocycles. The van der Waals surface area contributed by atoms with E-state index < -0.39 is 0 Å². The van der Waals surface area contributed by atoms with Crippen molar-refractivity contribution in [3.8, 4) is 11.5 Å². The van der Waals surface area contributed by atoms with Crippen molar-refractivity contribution in [1.29, 1.82) is 0 Å². The van der Waals surface area contributed by atoms with E-state index >= 15 is 0 Å². The second-order valence-corrected chi connectivity index (χ2v) is 4.81. The van der Waals surface area contributed by atoms with E-state index in [9.17, 15) is 4.39 Å². The van der Waals surface area contributed by atoms with Gasteiger partial charge in [0.05, 0.1) is 5.56 Å². The molecule has 0 radical (unpaired) electrons. The third kappa shape index (κ3) is 3.17. The predicted molar refractivity (Wildman–Crippen MR) is 69.0 cm³/mol. The molecule has 4 nitrogen and oxygen atoms in total. The van der Waals surface area contributed by atoms with Crippen molar-refractivity contribution in [3.05, 3.63) is 36.0 Å². The molecule has 0 amide bonds. The number of benzene rings is 1. The van der Waals surface area contributed by atoms with E-state index in [0.717, 1.165) is 25.4 Å². The lowest BCUT2D eigenvalue weighted by molar-refractivity contribution is 0.487. The van der Waals surface area contributed by atoms with Crippen LogP contribution in [0.4, 0.5) is 4.39 Å². The Bertz CT molecular complexity index is 551. The first-order valence-electron chi connectivity index (χ1n) is 6.63. The number of hydrogen-bond donors (Lipinski definition) is 1. The smallest absolute Gasteiger partial charge is 0.250 e. The molecular weight excluding hydrogens is 245 g/mol. The van der Waals surface area contributed by atoms with E-state index in [1.54, 1.807) is 18.2 Å². The predicted octanol–water partition coefficient (Wildman–Crippen LogP) is 2.56. The van der Waals surface area contributed by atoms with Gasteiger partial charge in [0, 0.05) is 12.5 Å². The summed E-state index contributed by atoms with van der Waals surface area (Å²) in [6.45, 7) is 0.960. The normalized spacial score (nSPS) is 14.8. The highest BCUT2D eigenvalue weighted by molar-refractivity contribution is 5.53. The van der Waals surface area contributed by atoms with Crippen LogP contribution >= 0.6 is 0 Å². The van der Waals surface area contributed by atoms with Crippen LogP contribution in [0.15, 0.2) is 28.7 Å². The van der Waals surface area contributed by atoms with Crippen molar-refractivity contribution in [2.75, 3.05) is 6.54 Å². The summed E-state index contributed by atoms with van der Waals surface area (Å²) in [5.41, 5.74) is 0.359. The molecule has 0 bridgehead atoms. The van der Waals surface area contributed by atoms with Crippen LogP contribution in [0, 0.1) is 5.82 Å². The molecule has 0 saturated heterocycles. The molecule has 0 spiro atoms. The van der Waals surface area contributed by atoms with Crippen LogP contribution in [0.3, 0.4) is 0 Å². The van der Waals surface area contributed by atoms with Crippen molar-refractivity contribution >= 4 is 0 Å². The minimum absolute atomic E-state index is 0.253. The summed E-state index contributed by atoms with van der Waals surface area (Å²) in [6, 6.07) is 7.14. The number of aromatic nitrogens is 2. The summed E-state index contributed by atoms with van der Waals surface area (Å²) in [5, 5.41) is 11.3. The number of rotatable bonds is 6. The second-order valence-electron chi connectivity index (χ2n) is 4.81. The first-order chi connectivity index (χ1) is 9.33. The van der Waals surface area contributed by atoms with Crippen LogP contribution in [0.1, 0.15) is 25.2 Å². The van der Waals surface area contributed by atoms with Crippen LogP contribution in [0.5, 0.6) is 0 Å². The lowest BCUT2D eigenvalue weighted by Crippen LogP contribution is -2.17. The Morgan fingerprint density at radius 2 is 2.11 bits per heavy atom. The minimum atomic E-state index is -0.340. The molecule has 5 heteroatoms. The number of halogens is 1. The first-order valence-corrected chi connectivity index (χ1v) is 6.63. The monoisotopic (exact) mass is 261 g/mol. The van der Waals surface area contributed by atoms with Gasteiger partial charge in [-0.1, -0.05) is 12.1 Å². The van der Waals surface area contributed by atoms with E-state index in [1.807, 2.05) is 0 Å². The van der Waals surface area contributed by atoms with Gasteiger partial charge in [-0.2, -0.15) is 0 Å². The zero-order valence-electron chi connectivity index (χ0n) is 10.6. The van der Waals surface area contributed by atoms with Gasteiger partial charge < -0.3 is 9.73 Å². The van der Waals surface area contributed by atoms with Gasteiger partial charge in [0.2, 0.25) is 5.89 Å². The van der Waals surface area contributed by atoms with Gasteiger partial charge >= 0.3 is 0 Å². The van der Waals surface area contributed by atoms with Gasteiger partial charge in [-0.05, 0) is 37.9 Å². The van der Waals surface area contributed by atoms with Crippen LogP contribution in [0.25, 0.3) is 11.5 Å². The van der Waals surface area contributed by atoms with E-state index in [0.29, 0.717) is 11.5 Å². The van der Waals surface area contributed by atoms with Gasteiger partial charge in [-0.3, -0.25) is 0 Å². The van der Waals surface area contributed by atoms with Gasteiger partial charge in [0.25, 0.3) is 5.89 Å². The van der Waals surface area contributed by atoms with E-state index in [4.69, 9.17) is 4.42 Å². The SMILES string of the molecule is Fc1ccccc1-c1nnc(CCCNC2CC2)o1. The lowest BCUT2D eigenvalue weighted by atomic mass is 10.2. The Morgan fingerprint density at radius 3 is 2.89 bits per heavy atom. The summed E-state index contributed by atoms with van der Waals surface area (Å²) in [7, 11) is 0. The molecule has 0 unspecified atom stereocenters. The Labute approximate surface area is 111 Å². The minimum Gasteiger partial charge on any atom is -0.421 e. The molecule has 1 aliphatic rings. The summed E-state index contributed by atoms with van der Waals surface area (Å²) in [6.07, 6.45) is 4.26. The standard InChI is InChI=1S/C14H16FN3O/c15-12-5-2-1-4-11(12)14-18-17-13(19-14)6-3-9-16-10-7-8-10/h1-2,4-5,10,16H,3,6-9H2. The highest BCUT2D eigenvalue weighted by Crippen LogP contribution is 2.21. The Morgan fingerprint density at radius 1 is 1.26 bits per heavy atom. The molecular formula is C14H16FN3O. The van der Waals surface area contributed by atoms with Crippen LogP contribution in [0.2, 0.25) is 0 Å². The third-order valence-electron chi connectivity index (χ3n) is 3.15. The zero-order valence-corrected chi connectivity index (χ0v) is 10.6. The molecule has 0 atom stereocenters. The van der Waals surface area contributed by atoms with Gasteiger partial charge in [0.15, 0.2) is 0 Å². The number of nitrogens with zero attached hydrogens (tertiary/aromatic N) is 2. The van der Waals surface area contributed by atoms with Crippen molar-refractivity contribution < 1.29 is 8.81 Å². The summed E-state index contributed by atoms with van der Waals surface area (Å²) in [4.78, 5) is 0. The molecule has 3 rings (SSSR count). The van der Waals surface area contributed by atoms with Gasteiger partial charge in [0.1, 0.15) is 5.82 Å². The molecule has 19 heavy (non-hydrogen) atoms. The fraction of sp³-hybridized carbons (Fsp3) is 0.429. The maximum atomic E-state index is 13.5. The molecule has 1 N–H and O–H groups in total. The number of aryl methyl sites for hydroxylation is 1. The molecule has 1 aliphatic carbocycles. The molecule has 1 heterocycles. The third-order valence-corrected chi connectivity index (χ3v) is 3.15. The van der Waals surface area contributed by atoms with Gasteiger partial charge in [-0.15, -0.1) is 10.2 Å². The van der Waals surface area contributed by atoms with E-state index in [1.165, 1.54) is 18.9 Å². The lowest BCUT2D eigenvalue weighted by Gasteiger charge is -1.99. The molecule has 1 aromatic carbocycles. The summed E-state index contributed by atoms with van der Waals surface area (Å²) < 4.78 is 19.0. The van der Waals surface area contributed by atoms with Crippen molar-refractivity contribution in [1.82, 2.24) is 15.5 Å². The number of nitrogens with one attached hydrogen (secondary N) is 1. The zero-order chi connectivity index (χ0) is 13.1. The average molecular weight is 261 g/mol. The maximum Gasteiger partial charge on any atom is 0.250 e. The summed E-state index contributed by atoms with van der Waals surface area (Å²) in [5.74, 6) is 0.479. The highest BCUT2D eigenvalue weighted by Gasteiger charge is 2.19. The molecule has 100 valence electrons. The molecule has 1 saturated carbocycles. The molecule has 1 fully saturated rings. The fourth-order valence-electron chi connectivity index (χ4n) is 1.93. The van der Waals surface area contributed by atoms with Crippen LogP contribution < -0.4 is 5.32 Å². The second kappa shape index (κ2) is 5.48. The topological polar surface area (TPSA) is 51.0 Å². The largest absolute Gasteiger partial charge is 0.421 e. The first kappa shape index (κ1) is 12.3. The molecule has 2 aromatic rings. The fourth-order valence-corrected chi connectivity index (χ4v) is 1.93. The Hall–Kier alpha value is -1.75. The van der Waals surface area contributed by atoms with Crippen LogP contribution in [-0.4, -0.2) is 22.8 Å². The van der Waals surface area contributed by atoms with Crippen molar-refractivity contribution in [2.45, 2.75) is 31.7 Å². The highest BCUT2D eigenvalue weighted by atomic mass is 19.1. The van der Waals surface area contributed by atoms with E-state index in [-0.39, 0.29) is 11.7 Å². The average Bonchev–Trinajstić information content (AvgIpc) is 3.13.